The number of anilines is 2. The van der Waals surface area contributed by atoms with E-state index >= 15 is 0 Å². The fourth-order valence-corrected chi connectivity index (χ4v) is 2.27. The van der Waals surface area contributed by atoms with Crippen molar-refractivity contribution in [3.8, 4) is 0 Å². The molecule has 0 amide bonds. The van der Waals surface area contributed by atoms with E-state index in [9.17, 15) is 5.11 Å². The molecule has 100 valence electrons. The summed E-state index contributed by atoms with van der Waals surface area (Å²) in [6.07, 6.45) is 5.12. The largest absolute Gasteiger partial charge is 0.395 e. The van der Waals surface area contributed by atoms with Gasteiger partial charge >= 0.3 is 0 Å². The van der Waals surface area contributed by atoms with Crippen molar-refractivity contribution in [2.75, 3.05) is 29.9 Å². The Bertz CT molecular complexity index is 398. The zero-order chi connectivity index (χ0) is 13.0. The van der Waals surface area contributed by atoms with Gasteiger partial charge < -0.3 is 15.3 Å². The highest BCUT2D eigenvalue weighted by atomic mass is 35.5. The number of rotatable bonds is 6. The zero-order valence-electron chi connectivity index (χ0n) is 10.6. The normalized spacial score (nSPS) is 15.3. The van der Waals surface area contributed by atoms with Gasteiger partial charge in [0.2, 0.25) is 5.95 Å². The third-order valence-electron chi connectivity index (χ3n) is 3.19. The monoisotopic (exact) mass is 270 g/mol. The molecule has 18 heavy (non-hydrogen) atoms. The zero-order valence-corrected chi connectivity index (χ0v) is 11.3. The highest BCUT2D eigenvalue weighted by Crippen LogP contribution is 2.32. The molecule has 6 heteroatoms. The van der Waals surface area contributed by atoms with Crippen LogP contribution in [0.3, 0.4) is 0 Å². The minimum absolute atomic E-state index is 0.105. The van der Waals surface area contributed by atoms with Gasteiger partial charge in [-0.15, -0.1) is 0 Å². The van der Waals surface area contributed by atoms with Gasteiger partial charge in [-0.25, -0.2) is 4.98 Å². The molecule has 1 aromatic heterocycles. The van der Waals surface area contributed by atoms with Gasteiger partial charge in [-0.3, -0.25) is 0 Å². The standard InChI is InChI=1S/C12H19ClN4O/c1-2-14-12-15-8-10(13)11(16-12)17(6-7-18)9-4-3-5-9/h8-9,18H,2-7H2,1H3,(H,14,15,16). The van der Waals surface area contributed by atoms with Gasteiger partial charge in [0.05, 0.1) is 12.8 Å². The lowest BCUT2D eigenvalue weighted by molar-refractivity contribution is 0.283. The summed E-state index contributed by atoms with van der Waals surface area (Å²) in [5.41, 5.74) is 0. The minimum atomic E-state index is 0.105. The Kier molecular flexibility index (Phi) is 4.60. The van der Waals surface area contributed by atoms with E-state index in [1.807, 2.05) is 6.92 Å². The first-order chi connectivity index (χ1) is 8.76. The van der Waals surface area contributed by atoms with Crippen LogP contribution in [0, 0.1) is 0 Å². The average molecular weight is 271 g/mol. The molecule has 0 aromatic carbocycles. The molecule has 1 saturated carbocycles. The van der Waals surface area contributed by atoms with Crippen molar-refractivity contribution >= 4 is 23.4 Å². The SMILES string of the molecule is CCNc1ncc(Cl)c(N(CCO)C2CCC2)n1. The lowest BCUT2D eigenvalue weighted by atomic mass is 9.91. The van der Waals surface area contributed by atoms with Gasteiger partial charge in [0, 0.05) is 19.1 Å². The number of hydrogen-bond acceptors (Lipinski definition) is 5. The van der Waals surface area contributed by atoms with Crippen LogP contribution in [-0.4, -0.2) is 40.8 Å². The van der Waals surface area contributed by atoms with Crippen LogP contribution < -0.4 is 10.2 Å². The average Bonchev–Trinajstić information content (AvgIpc) is 2.29. The molecule has 2 N–H and O–H groups in total. The first-order valence-electron chi connectivity index (χ1n) is 6.40. The van der Waals surface area contributed by atoms with Crippen LogP contribution in [0.2, 0.25) is 5.02 Å². The van der Waals surface area contributed by atoms with E-state index in [1.54, 1.807) is 6.20 Å². The molecule has 0 radical (unpaired) electrons. The quantitative estimate of drug-likeness (QED) is 0.827. The van der Waals surface area contributed by atoms with Crippen molar-refractivity contribution < 1.29 is 5.11 Å². The smallest absolute Gasteiger partial charge is 0.224 e. The van der Waals surface area contributed by atoms with E-state index in [2.05, 4.69) is 20.2 Å². The van der Waals surface area contributed by atoms with Crippen molar-refractivity contribution in [2.24, 2.45) is 0 Å². The summed E-state index contributed by atoms with van der Waals surface area (Å²) in [6.45, 7) is 3.43. The minimum Gasteiger partial charge on any atom is -0.395 e. The topological polar surface area (TPSA) is 61.3 Å². The van der Waals surface area contributed by atoms with Gasteiger partial charge in [0.15, 0.2) is 5.82 Å². The molecule has 5 nitrogen and oxygen atoms in total. The van der Waals surface area contributed by atoms with Crippen molar-refractivity contribution in [2.45, 2.75) is 32.2 Å². The van der Waals surface area contributed by atoms with E-state index in [4.69, 9.17) is 11.6 Å². The molecule has 0 bridgehead atoms. The summed E-state index contributed by atoms with van der Waals surface area (Å²) in [5, 5.41) is 12.8. The van der Waals surface area contributed by atoms with E-state index in [1.165, 1.54) is 6.42 Å². The Morgan fingerprint density at radius 2 is 2.33 bits per heavy atom. The predicted octanol–water partition coefficient (Wildman–Crippen LogP) is 1.91. The number of aliphatic hydroxyl groups excluding tert-OH is 1. The molecule has 1 heterocycles. The summed E-state index contributed by atoms with van der Waals surface area (Å²) in [6, 6.07) is 0.444. The summed E-state index contributed by atoms with van der Waals surface area (Å²) in [5.74, 6) is 1.31. The fraction of sp³-hybridized carbons (Fsp3) is 0.667. The Morgan fingerprint density at radius 3 is 2.89 bits per heavy atom. The molecule has 0 aliphatic heterocycles. The summed E-state index contributed by atoms with van der Waals surface area (Å²) >= 11 is 6.18. The van der Waals surface area contributed by atoms with E-state index in [-0.39, 0.29) is 6.61 Å². The van der Waals surface area contributed by atoms with Crippen molar-refractivity contribution in [1.82, 2.24) is 9.97 Å². The molecular formula is C12H19ClN4O. The third-order valence-corrected chi connectivity index (χ3v) is 3.46. The molecule has 2 rings (SSSR count). The molecular weight excluding hydrogens is 252 g/mol. The first-order valence-corrected chi connectivity index (χ1v) is 6.78. The number of hydrogen-bond donors (Lipinski definition) is 2. The van der Waals surface area contributed by atoms with Crippen LogP contribution in [0.5, 0.6) is 0 Å². The Hall–Kier alpha value is -1.07. The Morgan fingerprint density at radius 1 is 1.56 bits per heavy atom. The summed E-state index contributed by atoms with van der Waals surface area (Å²) < 4.78 is 0. The van der Waals surface area contributed by atoms with Gasteiger partial charge in [0.25, 0.3) is 0 Å². The first kappa shape index (κ1) is 13.4. The number of aromatic nitrogens is 2. The number of halogens is 1. The lowest BCUT2D eigenvalue weighted by Crippen LogP contribution is -2.42. The second kappa shape index (κ2) is 6.20. The predicted molar refractivity (Wildman–Crippen MR) is 73.3 cm³/mol. The van der Waals surface area contributed by atoms with Crippen LogP contribution in [0.4, 0.5) is 11.8 Å². The van der Waals surface area contributed by atoms with Gasteiger partial charge in [-0.2, -0.15) is 4.98 Å². The van der Waals surface area contributed by atoms with E-state index in [0.717, 1.165) is 25.2 Å². The van der Waals surface area contributed by atoms with Gasteiger partial charge in [-0.1, -0.05) is 11.6 Å². The van der Waals surface area contributed by atoms with Crippen LogP contribution in [0.15, 0.2) is 6.20 Å². The van der Waals surface area contributed by atoms with Crippen LogP contribution in [0.1, 0.15) is 26.2 Å². The van der Waals surface area contributed by atoms with E-state index < -0.39 is 0 Å². The second-order valence-corrected chi connectivity index (χ2v) is 4.80. The van der Waals surface area contributed by atoms with Gasteiger partial charge in [-0.05, 0) is 26.2 Å². The third kappa shape index (κ3) is 2.84. The molecule has 1 aromatic rings. The molecule has 0 spiro atoms. The summed E-state index contributed by atoms with van der Waals surface area (Å²) in [7, 11) is 0. The number of nitrogens with zero attached hydrogens (tertiary/aromatic N) is 3. The molecule has 1 fully saturated rings. The molecule has 0 unspecified atom stereocenters. The Labute approximate surface area is 112 Å². The number of aliphatic hydroxyl groups is 1. The maximum atomic E-state index is 9.19. The summed E-state index contributed by atoms with van der Waals surface area (Å²) in [4.78, 5) is 10.7. The maximum absolute atomic E-state index is 9.19. The lowest BCUT2D eigenvalue weighted by Gasteiger charge is -2.38. The van der Waals surface area contributed by atoms with Crippen LogP contribution >= 0.6 is 11.6 Å². The van der Waals surface area contributed by atoms with Crippen molar-refractivity contribution in [3.05, 3.63) is 11.2 Å². The van der Waals surface area contributed by atoms with Crippen molar-refractivity contribution in [1.29, 1.82) is 0 Å². The Balaban J connectivity index is 2.23. The van der Waals surface area contributed by atoms with Crippen LogP contribution in [-0.2, 0) is 0 Å². The molecule has 1 aliphatic carbocycles. The highest BCUT2D eigenvalue weighted by molar-refractivity contribution is 6.32. The molecule has 0 atom stereocenters. The van der Waals surface area contributed by atoms with Gasteiger partial charge in [0.1, 0.15) is 5.02 Å². The second-order valence-electron chi connectivity index (χ2n) is 4.40. The number of nitrogens with one attached hydrogen (secondary N) is 1. The maximum Gasteiger partial charge on any atom is 0.224 e. The van der Waals surface area contributed by atoms with Crippen LogP contribution in [0.25, 0.3) is 0 Å². The molecule has 0 saturated heterocycles. The fourth-order valence-electron chi connectivity index (χ4n) is 2.07. The van der Waals surface area contributed by atoms with E-state index in [0.29, 0.717) is 23.6 Å². The highest BCUT2D eigenvalue weighted by Gasteiger charge is 2.27. The van der Waals surface area contributed by atoms with Crippen molar-refractivity contribution in [3.63, 3.8) is 0 Å². The molecule has 1 aliphatic rings.